The SMILES string of the molecule is Cc1noc(C2CN(S(=O)(=O)c3ccc(Cl)s3)C2)n1. The van der Waals surface area contributed by atoms with Crippen molar-refractivity contribution in [3.63, 3.8) is 0 Å². The lowest BCUT2D eigenvalue weighted by Crippen LogP contribution is -2.48. The van der Waals surface area contributed by atoms with Gasteiger partial charge in [-0.15, -0.1) is 11.3 Å². The lowest BCUT2D eigenvalue weighted by Gasteiger charge is -2.35. The summed E-state index contributed by atoms with van der Waals surface area (Å²) in [5.74, 6) is 1.03. The minimum atomic E-state index is -3.44. The summed E-state index contributed by atoms with van der Waals surface area (Å²) in [6, 6.07) is 3.10. The molecule has 0 atom stereocenters. The summed E-state index contributed by atoms with van der Waals surface area (Å²) in [5, 5.41) is 3.70. The highest BCUT2D eigenvalue weighted by molar-refractivity contribution is 7.91. The van der Waals surface area contributed by atoms with Gasteiger partial charge in [0.15, 0.2) is 5.82 Å². The van der Waals surface area contributed by atoms with Gasteiger partial charge in [-0.1, -0.05) is 16.8 Å². The lowest BCUT2D eigenvalue weighted by atomic mass is 10.0. The highest BCUT2D eigenvalue weighted by Crippen LogP contribution is 2.34. The lowest BCUT2D eigenvalue weighted by molar-refractivity contribution is 0.217. The number of rotatable bonds is 3. The van der Waals surface area contributed by atoms with E-state index in [0.29, 0.717) is 29.1 Å². The van der Waals surface area contributed by atoms with E-state index >= 15 is 0 Å². The first-order valence-corrected chi connectivity index (χ1v) is 8.16. The zero-order valence-corrected chi connectivity index (χ0v) is 12.3. The third-order valence-corrected chi connectivity index (χ3v) is 6.41. The molecule has 3 rings (SSSR count). The van der Waals surface area contributed by atoms with E-state index in [9.17, 15) is 8.42 Å². The average molecular weight is 320 g/mol. The minimum absolute atomic E-state index is 0.0218. The maximum Gasteiger partial charge on any atom is 0.252 e. The summed E-state index contributed by atoms with van der Waals surface area (Å²) >= 11 is 6.82. The number of aromatic nitrogens is 2. The molecule has 0 unspecified atom stereocenters. The molecular formula is C10H10ClN3O3S2. The second-order valence-corrected chi connectivity index (χ2v) is 8.14. The van der Waals surface area contributed by atoms with Gasteiger partial charge in [-0.3, -0.25) is 0 Å². The van der Waals surface area contributed by atoms with Crippen molar-refractivity contribution in [1.29, 1.82) is 0 Å². The van der Waals surface area contributed by atoms with Crippen molar-refractivity contribution in [2.75, 3.05) is 13.1 Å². The summed E-state index contributed by atoms with van der Waals surface area (Å²) in [7, 11) is -3.44. The van der Waals surface area contributed by atoms with E-state index in [0.717, 1.165) is 11.3 Å². The van der Waals surface area contributed by atoms with Gasteiger partial charge in [0.1, 0.15) is 4.21 Å². The van der Waals surface area contributed by atoms with E-state index in [1.807, 2.05) is 0 Å². The molecule has 102 valence electrons. The molecule has 0 amide bonds. The van der Waals surface area contributed by atoms with Crippen LogP contribution in [0.3, 0.4) is 0 Å². The van der Waals surface area contributed by atoms with Crippen LogP contribution in [0.15, 0.2) is 20.9 Å². The average Bonchev–Trinajstić information content (AvgIpc) is 2.85. The van der Waals surface area contributed by atoms with Gasteiger partial charge in [0.05, 0.1) is 10.3 Å². The Kier molecular flexibility index (Phi) is 3.12. The quantitative estimate of drug-likeness (QED) is 0.863. The molecule has 1 aliphatic rings. The first-order chi connectivity index (χ1) is 8.96. The van der Waals surface area contributed by atoms with Crippen LogP contribution in [0.4, 0.5) is 0 Å². The molecular weight excluding hydrogens is 310 g/mol. The Morgan fingerprint density at radius 1 is 1.47 bits per heavy atom. The third kappa shape index (κ3) is 2.29. The molecule has 2 aromatic rings. The summed E-state index contributed by atoms with van der Waals surface area (Å²) in [5.41, 5.74) is 0. The number of sulfonamides is 1. The molecule has 1 saturated heterocycles. The number of aryl methyl sites for hydroxylation is 1. The Balaban J connectivity index is 1.73. The number of thiophene rings is 1. The van der Waals surface area contributed by atoms with Crippen LogP contribution in [0.2, 0.25) is 4.34 Å². The van der Waals surface area contributed by atoms with E-state index in [1.54, 1.807) is 13.0 Å². The first kappa shape index (κ1) is 13.0. The topological polar surface area (TPSA) is 76.3 Å². The van der Waals surface area contributed by atoms with Crippen LogP contribution in [-0.2, 0) is 10.0 Å². The van der Waals surface area contributed by atoms with Crippen LogP contribution in [-0.4, -0.2) is 36.0 Å². The highest BCUT2D eigenvalue weighted by atomic mass is 35.5. The Labute approximate surface area is 119 Å². The first-order valence-electron chi connectivity index (χ1n) is 5.52. The molecule has 6 nitrogen and oxygen atoms in total. The van der Waals surface area contributed by atoms with Gasteiger partial charge in [0.25, 0.3) is 10.0 Å². The van der Waals surface area contributed by atoms with Crippen molar-refractivity contribution in [3.8, 4) is 0 Å². The zero-order valence-electron chi connectivity index (χ0n) is 9.91. The number of hydrogen-bond donors (Lipinski definition) is 0. The number of nitrogens with zero attached hydrogens (tertiary/aromatic N) is 3. The Morgan fingerprint density at radius 3 is 2.74 bits per heavy atom. The maximum atomic E-state index is 12.2. The van der Waals surface area contributed by atoms with Crippen LogP contribution < -0.4 is 0 Å². The van der Waals surface area contributed by atoms with Crippen molar-refractivity contribution >= 4 is 33.0 Å². The van der Waals surface area contributed by atoms with Gasteiger partial charge in [0.2, 0.25) is 5.89 Å². The van der Waals surface area contributed by atoms with Crippen molar-refractivity contribution < 1.29 is 12.9 Å². The van der Waals surface area contributed by atoms with Gasteiger partial charge in [0, 0.05) is 13.1 Å². The predicted octanol–water partition coefficient (Wildman–Crippen LogP) is 1.88. The van der Waals surface area contributed by atoms with Gasteiger partial charge in [-0.05, 0) is 19.1 Å². The van der Waals surface area contributed by atoms with E-state index in [4.69, 9.17) is 16.1 Å². The molecule has 1 aliphatic heterocycles. The minimum Gasteiger partial charge on any atom is -0.339 e. The Hall–Kier alpha value is -0.960. The standard InChI is InChI=1S/C10H10ClN3O3S2/c1-6-12-10(17-13-6)7-4-14(5-7)19(15,16)9-3-2-8(11)18-9/h2-3,7H,4-5H2,1H3. The van der Waals surface area contributed by atoms with E-state index < -0.39 is 10.0 Å². The predicted molar refractivity (Wildman–Crippen MR) is 69.9 cm³/mol. The largest absolute Gasteiger partial charge is 0.339 e. The van der Waals surface area contributed by atoms with Crippen molar-refractivity contribution in [2.24, 2.45) is 0 Å². The second-order valence-electron chi connectivity index (χ2n) is 4.26. The maximum absolute atomic E-state index is 12.2. The van der Waals surface area contributed by atoms with Gasteiger partial charge in [-0.2, -0.15) is 9.29 Å². The number of hydrogen-bond acceptors (Lipinski definition) is 6. The fourth-order valence-corrected chi connectivity index (χ4v) is 5.00. The summed E-state index contributed by atoms with van der Waals surface area (Å²) in [6.45, 7) is 2.45. The molecule has 9 heteroatoms. The van der Waals surface area contributed by atoms with Crippen molar-refractivity contribution in [3.05, 3.63) is 28.2 Å². The molecule has 19 heavy (non-hydrogen) atoms. The normalized spacial score (nSPS) is 17.6. The van der Waals surface area contributed by atoms with Gasteiger partial charge in [-0.25, -0.2) is 8.42 Å². The molecule has 0 N–H and O–H groups in total. The van der Waals surface area contributed by atoms with Crippen LogP contribution >= 0.6 is 22.9 Å². The summed E-state index contributed by atoms with van der Waals surface area (Å²) in [4.78, 5) is 4.11. The van der Waals surface area contributed by atoms with Crippen LogP contribution in [0, 0.1) is 6.92 Å². The van der Waals surface area contributed by atoms with Gasteiger partial charge >= 0.3 is 0 Å². The van der Waals surface area contributed by atoms with Crippen molar-refractivity contribution in [2.45, 2.75) is 17.1 Å². The highest BCUT2D eigenvalue weighted by Gasteiger charge is 2.40. The summed E-state index contributed by atoms with van der Waals surface area (Å²) < 4.78 is 31.6. The fourth-order valence-electron chi connectivity index (χ4n) is 1.83. The number of halogens is 1. The van der Waals surface area contributed by atoms with E-state index in [1.165, 1.54) is 10.4 Å². The fraction of sp³-hybridized carbons (Fsp3) is 0.400. The molecule has 1 fully saturated rings. The van der Waals surface area contributed by atoms with Crippen molar-refractivity contribution in [1.82, 2.24) is 14.4 Å². The third-order valence-electron chi connectivity index (χ3n) is 2.88. The molecule has 2 aromatic heterocycles. The molecule has 0 saturated carbocycles. The van der Waals surface area contributed by atoms with E-state index in [-0.39, 0.29) is 10.1 Å². The monoisotopic (exact) mass is 319 g/mol. The molecule has 0 aliphatic carbocycles. The smallest absolute Gasteiger partial charge is 0.252 e. The molecule has 0 radical (unpaired) electrons. The van der Waals surface area contributed by atoms with Crippen LogP contribution in [0.1, 0.15) is 17.6 Å². The summed E-state index contributed by atoms with van der Waals surface area (Å²) in [6.07, 6.45) is 0. The zero-order chi connectivity index (χ0) is 13.6. The Morgan fingerprint density at radius 2 is 2.21 bits per heavy atom. The van der Waals surface area contributed by atoms with Crippen LogP contribution in [0.25, 0.3) is 0 Å². The second kappa shape index (κ2) is 4.55. The molecule has 3 heterocycles. The molecule has 0 spiro atoms. The molecule has 0 aromatic carbocycles. The molecule has 0 bridgehead atoms. The van der Waals surface area contributed by atoms with E-state index in [2.05, 4.69) is 10.1 Å². The van der Waals surface area contributed by atoms with Crippen LogP contribution in [0.5, 0.6) is 0 Å². The van der Waals surface area contributed by atoms with Gasteiger partial charge < -0.3 is 4.52 Å². The Bertz CT molecular complexity index is 703.